The van der Waals surface area contributed by atoms with Crippen LogP contribution in [0.15, 0.2) is 107 Å². The van der Waals surface area contributed by atoms with Gasteiger partial charge in [-0.15, -0.1) is 0 Å². The quantitative estimate of drug-likeness (QED) is 0.233. The minimum atomic E-state index is -1.12. The van der Waals surface area contributed by atoms with Crippen molar-refractivity contribution in [2.75, 3.05) is 26.6 Å². The molecule has 0 bridgehead atoms. The Kier molecular flexibility index (Phi) is 9.70. The van der Waals surface area contributed by atoms with Crippen LogP contribution in [0.4, 0.5) is 0 Å². The highest BCUT2D eigenvalue weighted by Gasteiger charge is 2.63. The van der Waals surface area contributed by atoms with Crippen molar-refractivity contribution < 1.29 is 28.4 Å². The molecule has 236 valence electrons. The molecule has 2 aliphatic heterocycles. The summed E-state index contributed by atoms with van der Waals surface area (Å²) in [6.45, 7) is 2.88. The fourth-order valence-corrected chi connectivity index (χ4v) is 5.91. The highest BCUT2D eigenvalue weighted by atomic mass is 16.7. The molecule has 4 aromatic rings. The van der Waals surface area contributed by atoms with Gasteiger partial charge in [0.25, 0.3) is 5.56 Å². The number of hydrogen-bond donors (Lipinski definition) is 0. The Hall–Kier alpha value is -3.90. The predicted molar refractivity (Wildman–Crippen MR) is 165 cm³/mol. The van der Waals surface area contributed by atoms with Gasteiger partial charge in [0.05, 0.1) is 39.6 Å². The maximum absolute atomic E-state index is 13.9. The first-order valence-electron chi connectivity index (χ1n) is 15.1. The van der Waals surface area contributed by atoms with E-state index < -0.39 is 28.7 Å². The van der Waals surface area contributed by atoms with E-state index in [0.717, 1.165) is 21.3 Å². The molecule has 0 unspecified atom stereocenters. The van der Waals surface area contributed by atoms with Crippen LogP contribution in [0.2, 0.25) is 0 Å². The average Bonchev–Trinajstić information content (AvgIpc) is 3.27. The first-order valence-corrected chi connectivity index (χ1v) is 15.1. The molecule has 0 aliphatic carbocycles. The Bertz CT molecular complexity index is 1660. The van der Waals surface area contributed by atoms with E-state index in [9.17, 15) is 9.59 Å². The zero-order valence-corrected chi connectivity index (χ0v) is 25.3. The summed E-state index contributed by atoms with van der Waals surface area (Å²) >= 11 is 0. The zero-order valence-electron chi connectivity index (χ0n) is 25.3. The van der Waals surface area contributed by atoms with Crippen molar-refractivity contribution >= 4 is 0 Å². The second kappa shape index (κ2) is 14.0. The number of benzene rings is 3. The number of rotatable bonds is 12. The van der Waals surface area contributed by atoms with Gasteiger partial charge >= 0.3 is 5.69 Å². The van der Waals surface area contributed by atoms with Crippen molar-refractivity contribution in [3.63, 3.8) is 0 Å². The van der Waals surface area contributed by atoms with Crippen molar-refractivity contribution in [1.29, 1.82) is 0 Å². The Balaban J connectivity index is 1.31. The first-order chi connectivity index (χ1) is 22.0. The molecule has 0 amide bonds. The van der Waals surface area contributed by atoms with Gasteiger partial charge in [-0.25, -0.2) is 9.36 Å². The van der Waals surface area contributed by atoms with Crippen LogP contribution < -0.4 is 11.2 Å². The molecule has 0 saturated carbocycles. The lowest BCUT2D eigenvalue weighted by atomic mass is 9.83. The summed E-state index contributed by atoms with van der Waals surface area (Å²) in [5.41, 5.74) is 0.215. The minimum absolute atomic E-state index is 0.0770. The van der Waals surface area contributed by atoms with E-state index in [1.807, 2.05) is 91.0 Å². The number of fused-ring (bicyclic) bond motifs is 1. The van der Waals surface area contributed by atoms with Gasteiger partial charge in [0.2, 0.25) is 0 Å². The third-order valence-electron chi connectivity index (χ3n) is 8.35. The molecule has 10 heteroatoms. The van der Waals surface area contributed by atoms with E-state index in [1.165, 1.54) is 4.57 Å². The van der Waals surface area contributed by atoms with Gasteiger partial charge in [-0.05, 0) is 23.6 Å². The molecule has 6 rings (SSSR count). The number of aryl methyl sites for hydroxylation is 1. The first kappa shape index (κ1) is 31.1. The van der Waals surface area contributed by atoms with Gasteiger partial charge in [0.15, 0.2) is 0 Å². The molecule has 10 nitrogen and oxygen atoms in total. The standard InChI is InChI=1S/C35H38N2O8/c1-27-18-36(33(39)37(32(27)38)25-41-20-29-13-7-3-8-14-29)31-17-34(44-21-30-15-9-4-10-16-30)22-42-26-43-24-35(34,45-31)23-40-19-28-11-5-2-6-12-28/h2-16,18,31H,17,19-26H2,1H3/t31-,34-,35+/m1/s1. The monoisotopic (exact) mass is 614 g/mol. The van der Waals surface area contributed by atoms with Crippen LogP contribution in [-0.4, -0.2) is 46.9 Å². The summed E-state index contributed by atoms with van der Waals surface area (Å²) in [7, 11) is 0. The molecule has 1 aromatic heterocycles. The van der Waals surface area contributed by atoms with Crippen LogP contribution in [0, 0.1) is 6.92 Å². The normalized spacial score (nSPS) is 23.0. The molecule has 3 aromatic carbocycles. The molecule has 2 saturated heterocycles. The molecule has 0 radical (unpaired) electrons. The van der Waals surface area contributed by atoms with E-state index in [4.69, 9.17) is 28.4 Å². The van der Waals surface area contributed by atoms with Crippen LogP contribution in [0.1, 0.15) is 34.9 Å². The van der Waals surface area contributed by atoms with E-state index in [-0.39, 0.29) is 46.4 Å². The van der Waals surface area contributed by atoms with Gasteiger partial charge in [-0.3, -0.25) is 9.36 Å². The third kappa shape index (κ3) is 6.86. The second-order valence-electron chi connectivity index (χ2n) is 11.5. The minimum Gasteiger partial charge on any atom is -0.374 e. The molecule has 2 aliphatic rings. The highest BCUT2D eigenvalue weighted by molar-refractivity contribution is 5.17. The molecule has 3 heterocycles. The zero-order chi connectivity index (χ0) is 31.1. The summed E-state index contributed by atoms with van der Waals surface area (Å²) in [5, 5.41) is 0. The predicted octanol–water partition coefficient (Wildman–Crippen LogP) is 4.33. The van der Waals surface area contributed by atoms with Crippen molar-refractivity contribution in [3.8, 4) is 0 Å². The van der Waals surface area contributed by atoms with E-state index in [1.54, 1.807) is 13.1 Å². The molecule has 0 N–H and O–H groups in total. The number of aromatic nitrogens is 2. The fraction of sp³-hybridized carbons (Fsp3) is 0.371. The lowest BCUT2D eigenvalue weighted by molar-refractivity contribution is -0.212. The van der Waals surface area contributed by atoms with Gasteiger partial charge in [-0.2, -0.15) is 0 Å². The lowest BCUT2D eigenvalue weighted by Crippen LogP contribution is -2.59. The van der Waals surface area contributed by atoms with Crippen molar-refractivity contribution in [1.82, 2.24) is 9.13 Å². The topological polar surface area (TPSA) is 99.4 Å². The Morgan fingerprint density at radius 3 is 2.00 bits per heavy atom. The van der Waals surface area contributed by atoms with Gasteiger partial charge < -0.3 is 28.4 Å². The van der Waals surface area contributed by atoms with E-state index >= 15 is 0 Å². The average molecular weight is 615 g/mol. The highest BCUT2D eigenvalue weighted by Crippen LogP contribution is 2.48. The van der Waals surface area contributed by atoms with E-state index in [0.29, 0.717) is 18.8 Å². The molecule has 2 fully saturated rings. The molecule has 0 spiro atoms. The van der Waals surface area contributed by atoms with Gasteiger partial charge in [-0.1, -0.05) is 91.0 Å². The Labute approximate surface area is 261 Å². The largest absolute Gasteiger partial charge is 0.374 e. The summed E-state index contributed by atoms with van der Waals surface area (Å²) in [5.74, 6) is 0. The van der Waals surface area contributed by atoms with Crippen molar-refractivity contribution in [2.45, 2.75) is 57.3 Å². The van der Waals surface area contributed by atoms with Crippen LogP contribution in [0.5, 0.6) is 0 Å². The molecule has 3 atom stereocenters. The van der Waals surface area contributed by atoms with Gasteiger partial charge in [0.1, 0.15) is 31.0 Å². The van der Waals surface area contributed by atoms with E-state index in [2.05, 4.69) is 0 Å². The van der Waals surface area contributed by atoms with Crippen LogP contribution in [-0.2, 0) is 55.0 Å². The molecule has 45 heavy (non-hydrogen) atoms. The second-order valence-corrected chi connectivity index (χ2v) is 11.5. The SMILES string of the molecule is Cc1cn([C@H]2C[C@@]3(OCc4ccccc4)COCOC[C@]3(COCc3ccccc3)O2)c(=O)n(COCc2ccccc2)c1=O. The lowest BCUT2D eigenvalue weighted by Gasteiger charge is -2.41. The van der Waals surface area contributed by atoms with Gasteiger partial charge in [0, 0.05) is 18.2 Å². The summed E-state index contributed by atoms with van der Waals surface area (Å²) in [6.07, 6.45) is 1.01. The van der Waals surface area contributed by atoms with Crippen LogP contribution >= 0.6 is 0 Å². The van der Waals surface area contributed by atoms with Crippen molar-refractivity contribution in [2.24, 2.45) is 0 Å². The maximum atomic E-state index is 13.9. The van der Waals surface area contributed by atoms with Crippen LogP contribution in [0.25, 0.3) is 0 Å². The summed E-state index contributed by atoms with van der Waals surface area (Å²) in [4.78, 5) is 27.0. The number of ether oxygens (including phenoxy) is 6. The molecular formula is C35H38N2O8. The summed E-state index contributed by atoms with van der Waals surface area (Å²) in [6, 6.07) is 29.3. The maximum Gasteiger partial charge on any atom is 0.335 e. The Morgan fingerprint density at radius 2 is 1.36 bits per heavy atom. The number of nitrogens with zero attached hydrogens (tertiary/aromatic N) is 2. The number of hydrogen-bond acceptors (Lipinski definition) is 8. The molecular weight excluding hydrogens is 576 g/mol. The van der Waals surface area contributed by atoms with Crippen molar-refractivity contribution in [3.05, 3.63) is 140 Å². The smallest absolute Gasteiger partial charge is 0.335 e. The fourth-order valence-electron chi connectivity index (χ4n) is 5.91. The third-order valence-corrected chi connectivity index (χ3v) is 8.35. The van der Waals surface area contributed by atoms with Crippen LogP contribution in [0.3, 0.4) is 0 Å². The Morgan fingerprint density at radius 1 is 0.778 bits per heavy atom. The summed E-state index contributed by atoms with van der Waals surface area (Å²) < 4.78 is 40.0.